The van der Waals surface area contributed by atoms with Crippen molar-refractivity contribution in [2.45, 2.75) is 39.8 Å². The van der Waals surface area contributed by atoms with Crippen molar-refractivity contribution in [1.82, 2.24) is 24.9 Å². The second kappa shape index (κ2) is 6.52. The van der Waals surface area contributed by atoms with Crippen molar-refractivity contribution in [2.75, 3.05) is 6.54 Å². The van der Waals surface area contributed by atoms with Crippen LogP contribution in [-0.4, -0.2) is 26.1 Å². The van der Waals surface area contributed by atoms with Gasteiger partial charge in [-0.25, -0.2) is 0 Å². The maximum absolute atomic E-state index is 4.57. The van der Waals surface area contributed by atoms with Crippen LogP contribution < -0.4 is 5.32 Å². The van der Waals surface area contributed by atoms with E-state index in [0.29, 0.717) is 0 Å². The number of nitrogens with zero attached hydrogens (tertiary/aromatic N) is 4. The quantitative estimate of drug-likeness (QED) is 0.771. The first kappa shape index (κ1) is 13.8. The number of nitrogens with one attached hydrogen (secondary N) is 1. The minimum absolute atomic E-state index is 0.897. The molecule has 0 fully saturated rings. The Morgan fingerprint density at radius 2 is 2.21 bits per heavy atom. The lowest BCUT2D eigenvalue weighted by atomic mass is 10.2. The lowest BCUT2D eigenvalue weighted by molar-refractivity contribution is 0.582. The Hall–Kier alpha value is -1.62. The predicted octanol–water partition coefficient (Wildman–Crippen LogP) is 1.67. The van der Waals surface area contributed by atoms with E-state index < -0.39 is 0 Å². The molecule has 2 aromatic heterocycles. The van der Waals surface area contributed by atoms with E-state index >= 15 is 0 Å². The molecule has 104 valence electrons. The van der Waals surface area contributed by atoms with Gasteiger partial charge in [-0.05, 0) is 26.0 Å². The predicted molar refractivity (Wildman–Crippen MR) is 75.9 cm³/mol. The van der Waals surface area contributed by atoms with Crippen molar-refractivity contribution >= 4 is 0 Å². The van der Waals surface area contributed by atoms with Crippen molar-refractivity contribution in [3.8, 4) is 0 Å². The molecule has 2 heterocycles. The molecular formula is C14H23N5. The minimum atomic E-state index is 0.897. The highest BCUT2D eigenvalue weighted by molar-refractivity contribution is 5.15. The molecule has 0 unspecified atom stereocenters. The molecule has 0 amide bonds. The lowest BCUT2D eigenvalue weighted by Crippen LogP contribution is -2.13. The highest BCUT2D eigenvalue weighted by Gasteiger charge is 2.05. The van der Waals surface area contributed by atoms with Gasteiger partial charge in [-0.1, -0.05) is 6.92 Å². The van der Waals surface area contributed by atoms with E-state index in [-0.39, 0.29) is 0 Å². The Balaban J connectivity index is 1.90. The number of rotatable bonds is 7. The Labute approximate surface area is 114 Å². The van der Waals surface area contributed by atoms with Crippen LogP contribution in [0.25, 0.3) is 0 Å². The average molecular weight is 261 g/mol. The van der Waals surface area contributed by atoms with Crippen LogP contribution in [0.15, 0.2) is 18.5 Å². The van der Waals surface area contributed by atoms with Gasteiger partial charge in [-0.2, -0.15) is 10.2 Å². The summed E-state index contributed by atoms with van der Waals surface area (Å²) in [5.74, 6) is 0. The summed E-state index contributed by atoms with van der Waals surface area (Å²) in [7, 11) is 1.98. The van der Waals surface area contributed by atoms with Crippen molar-refractivity contribution < 1.29 is 0 Å². The first-order valence-electron chi connectivity index (χ1n) is 6.91. The number of hydrogen-bond acceptors (Lipinski definition) is 3. The Bertz CT molecular complexity index is 512. The third-order valence-corrected chi connectivity index (χ3v) is 3.31. The van der Waals surface area contributed by atoms with Crippen LogP contribution in [0, 0.1) is 6.92 Å². The van der Waals surface area contributed by atoms with Gasteiger partial charge < -0.3 is 5.32 Å². The zero-order chi connectivity index (χ0) is 13.7. The largest absolute Gasteiger partial charge is 0.313 e. The summed E-state index contributed by atoms with van der Waals surface area (Å²) in [4.78, 5) is 0. The summed E-state index contributed by atoms with van der Waals surface area (Å²) in [6.45, 7) is 7.11. The van der Waals surface area contributed by atoms with E-state index in [1.54, 1.807) is 0 Å². The topological polar surface area (TPSA) is 47.7 Å². The van der Waals surface area contributed by atoms with E-state index in [1.807, 2.05) is 22.6 Å². The van der Waals surface area contributed by atoms with Gasteiger partial charge in [0.15, 0.2) is 0 Å². The summed E-state index contributed by atoms with van der Waals surface area (Å²) in [5.41, 5.74) is 3.64. The monoisotopic (exact) mass is 261 g/mol. The standard InChI is InChI=1S/C14H23N5/c1-4-7-15-10-13-11-19(17-12(13)2)9-6-14-5-8-16-18(14)3/h5,8,11,15H,4,6-7,9-10H2,1-3H3. The number of hydrogen-bond donors (Lipinski definition) is 1. The third-order valence-electron chi connectivity index (χ3n) is 3.31. The van der Waals surface area contributed by atoms with Crippen LogP contribution in [-0.2, 0) is 26.6 Å². The Morgan fingerprint density at radius 1 is 1.37 bits per heavy atom. The molecule has 0 spiro atoms. The van der Waals surface area contributed by atoms with Crippen LogP contribution in [0.2, 0.25) is 0 Å². The van der Waals surface area contributed by atoms with Gasteiger partial charge in [-0.15, -0.1) is 0 Å². The van der Waals surface area contributed by atoms with Crippen LogP contribution in [0.5, 0.6) is 0 Å². The fourth-order valence-electron chi connectivity index (χ4n) is 2.12. The molecule has 2 rings (SSSR count). The maximum Gasteiger partial charge on any atom is 0.0638 e. The van der Waals surface area contributed by atoms with Gasteiger partial charge in [0.25, 0.3) is 0 Å². The van der Waals surface area contributed by atoms with Crippen LogP contribution in [0.4, 0.5) is 0 Å². The smallest absolute Gasteiger partial charge is 0.0638 e. The molecule has 2 aromatic rings. The number of aryl methyl sites for hydroxylation is 4. The van der Waals surface area contributed by atoms with Crippen LogP contribution in [0.3, 0.4) is 0 Å². The molecule has 1 N–H and O–H groups in total. The fraction of sp³-hybridized carbons (Fsp3) is 0.571. The minimum Gasteiger partial charge on any atom is -0.313 e. The molecule has 19 heavy (non-hydrogen) atoms. The SMILES string of the molecule is CCCNCc1cn(CCc2ccnn2C)nc1C. The third kappa shape index (κ3) is 3.67. The normalized spacial score (nSPS) is 11.1. The molecule has 0 saturated heterocycles. The molecule has 0 aromatic carbocycles. The first-order chi connectivity index (χ1) is 9.20. The molecule has 0 atom stereocenters. The van der Waals surface area contributed by atoms with Gasteiger partial charge in [0.2, 0.25) is 0 Å². The molecule has 0 saturated carbocycles. The Kier molecular flexibility index (Phi) is 4.74. The van der Waals surface area contributed by atoms with Gasteiger partial charge in [0.1, 0.15) is 0 Å². The summed E-state index contributed by atoms with van der Waals surface area (Å²) < 4.78 is 3.95. The van der Waals surface area contributed by atoms with Crippen molar-refractivity contribution in [3.63, 3.8) is 0 Å². The van der Waals surface area contributed by atoms with Crippen molar-refractivity contribution in [1.29, 1.82) is 0 Å². The van der Waals surface area contributed by atoms with E-state index in [2.05, 4.69) is 41.6 Å². The first-order valence-corrected chi connectivity index (χ1v) is 6.91. The van der Waals surface area contributed by atoms with Gasteiger partial charge in [-0.3, -0.25) is 9.36 Å². The Morgan fingerprint density at radius 3 is 2.89 bits per heavy atom. The summed E-state index contributed by atoms with van der Waals surface area (Å²) in [5, 5.41) is 12.2. The van der Waals surface area contributed by atoms with Crippen molar-refractivity contribution in [2.24, 2.45) is 7.05 Å². The molecule has 0 aliphatic heterocycles. The molecular weight excluding hydrogens is 238 g/mol. The van der Waals surface area contributed by atoms with Gasteiger partial charge >= 0.3 is 0 Å². The zero-order valence-electron chi connectivity index (χ0n) is 12.1. The second-order valence-corrected chi connectivity index (χ2v) is 4.88. The fourth-order valence-corrected chi connectivity index (χ4v) is 2.12. The molecule has 0 radical (unpaired) electrons. The molecule has 0 aliphatic rings. The van der Waals surface area contributed by atoms with Crippen LogP contribution in [0.1, 0.15) is 30.3 Å². The van der Waals surface area contributed by atoms with Crippen LogP contribution >= 0.6 is 0 Å². The summed E-state index contributed by atoms with van der Waals surface area (Å²) in [6.07, 6.45) is 6.10. The molecule has 0 bridgehead atoms. The highest BCUT2D eigenvalue weighted by atomic mass is 15.3. The summed E-state index contributed by atoms with van der Waals surface area (Å²) >= 11 is 0. The second-order valence-electron chi connectivity index (χ2n) is 4.88. The number of aromatic nitrogens is 4. The highest BCUT2D eigenvalue weighted by Crippen LogP contribution is 2.07. The molecule has 5 heteroatoms. The molecule has 5 nitrogen and oxygen atoms in total. The lowest BCUT2D eigenvalue weighted by Gasteiger charge is -2.02. The average Bonchev–Trinajstić information content (AvgIpc) is 2.94. The zero-order valence-corrected chi connectivity index (χ0v) is 12.1. The van der Waals surface area contributed by atoms with Gasteiger partial charge in [0.05, 0.1) is 5.69 Å². The van der Waals surface area contributed by atoms with E-state index in [4.69, 9.17) is 0 Å². The maximum atomic E-state index is 4.57. The van der Waals surface area contributed by atoms with Crippen molar-refractivity contribution in [3.05, 3.63) is 35.4 Å². The van der Waals surface area contributed by atoms with E-state index in [0.717, 1.165) is 38.2 Å². The van der Waals surface area contributed by atoms with Gasteiger partial charge in [0, 0.05) is 50.2 Å². The summed E-state index contributed by atoms with van der Waals surface area (Å²) in [6, 6.07) is 2.06. The molecule has 0 aliphatic carbocycles. The van der Waals surface area contributed by atoms with E-state index in [1.165, 1.54) is 11.3 Å². The van der Waals surface area contributed by atoms with E-state index in [9.17, 15) is 0 Å².